The van der Waals surface area contributed by atoms with Crippen molar-refractivity contribution < 1.29 is 14.6 Å². The molecular formula is C19H24N2O3. The van der Waals surface area contributed by atoms with Gasteiger partial charge in [-0.3, -0.25) is 0 Å². The molecule has 0 saturated carbocycles. The third kappa shape index (κ3) is 5.28. The molecule has 0 radical (unpaired) electrons. The molecule has 1 unspecified atom stereocenters. The molecule has 24 heavy (non-hydrogen) atoms. The van der Waals surface area contributed by atoms with Crippen molar-refractivity contribution in [2.24, 2.45) is 0 Å². The number of rotatable bonds is 7. The molecule has 2 N–H and O–H groups in total. The maximum absolute atomic E-state index is 11.9. The SMILES string of the molecule is CC(CO)N(C)C(=O)NCc1ccc(OCc2ccccc2)cc1. The summed E-state index contributed by atoms with van der Waals surface area (Å²) in [5.41, 5.74) is 2.11. The second kappa shape index (κ2) is 8.93. The summed E-state index contributed by atoms with van der Waals surface area (Å²) >= 11 is 0. The highest BCUT2D eigenvalue weighted by Crippen LogP contribution is 2.14. The first kappa shape index (κ1) is 17.8. The predicted octanol–water partition coefficient (Wildman–Crippen LogP) is 2.79. The average molecular weight is 328 g/mol. The molecule has 128 valence electrons. The molecule has 2 aromatic carbocycles. The zero-order valence-electron chi connectivity index (χ0n) is 14.1. The fourth-order valence-electron chi connectivity index (χ4n) is 2.07. The molecule has 0 heterocycles. The van der Waals surface area contributed by atoms with E-state index < -0.39 is 0 Å². The van der Waals surface area contributed by atoms with Gasteiger partial charge in [-0.15, -0.1) is 0 Å². The van der Waals surface area contributed by atoms with Crippen molar-refractivity contribution in [1.29, 1.82) is 0 Å². The summed E-state index contributed by atoms with van der Waals surface area (Å²) in [7, 11) is 1.66. The van der Waals surface area contributed by atoms with Gasteiger partial charge in [0.1, 0.15) is 12.4 Å². The van der Waals surface area contributed by atoms with Crippen LogP contribution < -0.4 is 10.1 Å². The van der Waals surface area contributed by atoms with Gasteiger partial charge in [-0.2, -0.15) is 0 Å². The summed E-state index contributed by atoms with van der Waals surface area (Å²) in [5.74, 6) is 0.792. The van der Waals surface area contributed by atoms with Crippen molar-refractivity contribution in [2.45, 2.75) is 26.1 Å². The van der Waals surface area contributed by atoms with Gasteiger partial charge < -0.3 is 20.1 Å². The zero-order valence-corrected chi connectivity index (χ0v) is 14.1. The Labute approximate surface area is 142 Å². The Morgan fingerprint density at radius 1 is 1.12 bits per heavy atom. The number of nitrogens with zero attached hydrogens (tertiary/aromatic N) is 1. The molecule has 5 nitrogen and oxygen atoms in total. The summed E-state index contributed by atoms with van der Waals surface area (Å²) in [6, 6.07) is 17.2. The van der Waals surface area contributed by atoms with Gasteiger partial charge >= 0.3 is 6.03 Å². The lowest BCUT2D eigenvalue weighted by Gasteiger charge is -2.23. The lowest BCUT2D eigenvalue weighted by Crippen LogP contribution is -2.43. The average Bonchev–Trinajstić information content (AvgIpc) is 2.64. The lowest BCUT2D eigenvalue weighted by molar-refractivity contribution is 0.157. The number of ether oxygens (including phenoxy) is 1. The molecule has 0 spiro atoms. The molecule has 2 amide bonds. The topological polar surface area (TPSA) is 61.8 Å². The Morgan fingerprint density at radius 2 is 1.79 bits per heavy atom. The monoisotopic (exact) mass is 328 g/mol. The van der Waals surface area contributed by atoms with Gasteiger partial charge in [0.05, 0.1) is 12.6 Å². The van der Waals surface area contributed by atoms with Crippen LogP contribution in [0.15, 0.2) is 54.6 Å². The Morgan fingerprint density at radius 3 is 2.42 bits per heavy atom. The van der Waals surface area contributed by atoms with Gasteiger partial charge in [-0.25, -0.2) is 4.79 Å². The molecule has 1 atom stereocenters. The molecule has 0 bridgehead atoms. The zero-order chi connectivity index (χ0) is 17.4. The van der Waals surface area contributed by atoms with Crippen LogP contribution in [0.2, 0.25) is 0 Å². The van der Waals surface area contributed by atoms with Gasteiger partial charge in [0.25, 0.3) is 0 Å². The van der Waals surface area contributed by atoms with Crippen LogP contribution in [-0.4, -0.2) is 35.7 Å². The lowest BCUT2D eigenvalue weighted by atomic mass is 10.2. The second-order valence-electron chi connectivity index (χ2n) is 5.72. The van der Waals surface area contributed by atoms with Crippen molar-refractivity contribution in [3.8, 4) is 5.75 Å². The van der Waals surface area contributed by atoms with Crippen LogP contribution in [-0.2, 0) is 13.2 Å². The molecule has 0 saturated heterocycles. The van der Waals surface area contributed by atoms with E-state index in [2.05, 4.69) is 5.32 Å². The minimum Gasteiger partial charge on any atom is -0.489 e. The third-order valence-electron chi connectivity index (χ3n) is 3.86. The van der Waals surface area contributed by atoms with Crippen molar-refractivity contribution in [3.63, 3.8) is 0 Å². The number of hydrogen-bond donors (Lipinski definition) is 2. The smallest absolute Gasteiger partial charge is 0.317 e. The van der Waals surface area contributed by atoms with Crippen LogP contribution in [0, 0.1) is 0 Å². The first-order chi connectivity index (χ1) is 11.6. The molecule has 0 fully saturated rings. The first-order valence-electron chi connectivity index (χ1n) is 7.97. The second-order valence-corrected chi connectivity index (χ2v) is 5.72. The summed E-state index contributed by atoms with van der Waals surface area (Å²) in [4.78, 5) is 13.4. The minimum atomic E-state index is -0.209. The van der Waals surface area contributed by atoms with E-state index in [0.717, 1.165) is 16.9 Å². The molecule has 2 aromatic rings. The number of hydrogen-bond acceptors (Lipinski definition) is 3. The fraction of sp³-hybridized carbons (Fsp3) is 0.316. The van der Waals surface area contributed by atoms with Crippen molar-refractivity contribution in [1.82, 2.24) is 10.2 Å². The van der Waals surface area contributed by atoms with Crippen LogP contribution in [0.25, 0.3) is 0 Å². The van der Waals surface area contributed by atoms with Gasteiger partial charge in [-0.1, -0.05) is 42.5 Å². The number of carbonyl (C=O) groups is 1. The highest BCUT2D eigenvalue weighted by atomic mass is 16.5. The van der Waals surface area contributed by atoms with Crippen LogP contribution >= 0.6 is 0 Å². The van der Waals surface area contributed by atoms with Gasteiger partial charge in [0, 0.05) is 13.6 Å². The van der Waals surface area contributed by atoms with Crippen LogP contribution in [0.3, 0.4) is 0 Å². The number of urea groups is 1. The Kier molecular flexibility index (Phi) is 6.63. The highest BCUT2D eigenvalue weighted by molar-refractivity contribution is 5.74. The Hall–Kier alpha value is -2.53. The number of amides is 2. The number of nitrogens with one attached hydrogen (secondary N) is 1. The largest absolute Gasteiger partial charge is 0.489 e. The van der Waals surface area contributed by atoms with E-state index in [1.165, 1.54) is 4.90 Å². The van der Waals surface area contributed by atoms with Gasteiger partial charge in [0.15, 0.2) is 0 Å². The van der Waals surface area contributed by atoms with Gasteiger partial charge in [0.2, 0.25) is 0 Å². The van der Waals surface area contributed by atoms with E-state index in [4.69, 9.17) is 9.84 Å². The highest BCUT2D eigenvalue weighted by Gasteiger charge is 2.13. The van der Waals surface area contributed by atoms with E-state index in [1.807, 2.05) is 54.6 Å². The molecular weight excluding hydrogens is 304 g/mol. The molecule has 0 aliphatic heterocycles. The maximum Gasteiger partial charge on any atom is 0.317 e. The molecule has 5 heteroatoms. The maximum atomic E-state index is 11.9. The summed E-state index contributed by atoms with van der Waals surface area (Å²) in [6.45, 7) is 2.69. The standard InChI is InChI=1S/C19H24N2O3/c1-15(13-22)21(2)19(23)20-12-16-8-10-18(11-9-16)24-14-17-6-4-3-5-7-17/h3-11,15,22H,12-14H2,1-2H3,(H,20,23). The Bertz CT molecular complexity index is 629. The van der Waals surface area contributed by atoms with E-state index in [9.17, 15) is 4.79 Å². The van der Waals surface area contributed by atoms with E-state index >= 15 is 0 Å². The fourth-order valence-corrected chi connectivity index (χ4v) is 2.07. The van der Waals surface area contributed by atoms with Crippen molar-refractivity contribution in [3.05, 3.63) is 65.7 Å². The quantitative estimate of drug-likeness (QED) is 0.821. The van der Waals surface area contributed by atoms with Gasteiger partial charge in [-0.05, 0) is 30.2 Å². The normalized spacial score (nSPS) is 11.6. The first-order valence-corrected chi connectivity index (χ1v) is 7.97. The molecule has 0 aliphatic carbocycles. The van der Waals surface area contributed by atoms with Crippen LogP contribution in [0.1, 0.15) is 18.1 Å². The third-order valence-corrected chi connectivity index (χ3v) is 3.86. The molecule has 2 rings (SSSR count). The van der Waals surface area contributed by atoms with Crippen LogP contribution in [0.4, 0.5) is 4.79 Å². The minimum absolute atomic E-state index is 0.0582. The van der Waals surface area contributed by atoms with E-state index in [1.54, 1.807) is 14.0 Å². The summed E-state index contributed by atoms with van der Waals surface area (Å²) < 4.78 is 5.73. The predicted molar refractivity (Wildman–Crippen MR) is 93.8 cm³/mol. The molecule has 0 aliphatic rings. The summed E-state index contributed by atoms with van der Waals surface area (Å²) in [5, 5.41) is 11.9. The Balaban J connectivity index is 1.80. The number of carbonyl (C=O) groups excluding carboxylic acids is 1. The van der Waals surface area contributed by atoms with Crippen molar-refractivity contribution >= 4 is 6.03 Å². The number of benzene rings is 2. The molecule has 0 aromatic heterocycles. The van der Waals surface area contributed by atoms with E-state index in [0.29, 0.717) is 13.2 Å². The van der Waals surface area contributed by atoms with E-state index in [-0.39, 0.29) is 18.7 Å². The van der Waals surface area contributed by atoms with Crippen molar-refractivity contribution in [2.75, 3.05) is 13.7 Å². The number of aliphatic hydroxyl groups is 1. The number of aliphatic hydroxyl groups excluding tert-OH is 1. The number of likely N-dealkylation sites (N-methyl/N-ethyl adjacent to an activating group) is 1. The summed E-state index contributed by atoms with van der Waals surface area (Å²) in [6.07, 6.45) is 0. The van der Waals surface area contributed by atoms with Crippen LogP contribution in [0.5, 0.6) is 5.75 Å².